The topological polar surface area (TPSA) is 142 Å². The van der Waals surface area contributed by atoms with Crippen LogP contribution in [0.4, 0.5) is 79.0 Å². The number of rotatable bonds is 14. The summed E-state index contributed by atoms with van der Waals surface area (Å²) in [5.41, 5.74) is -8.24. The lowest BCUT2D eigenvalue weighted by Gasteiger charge is -2.32. The molecule has 2 heterocycles. The lowest BCUT2D eigenvalue weighted by Crippen LogP contribution is -2.57. The van der Waals surface area contributed by atoms with Crippen LogP contribution in [0.3, 0.4) is 0 Å². The fourth-order valence-corrected chi connectivity index (χ4v) is 4.91. The summed E-state index contributed by atoms with van der Waals surface area (Å²) >= 11 is 0. The monoisotopic (exact) mass is 938 g/mol. The van der Waals surface area contributed by atoms with Gasteiger partial charge in [0.05, 0.1) is 13.2 Å². The summed E-state index contributed by atoms with van der Waals surface area (Å²) in [5, 5.41) is 0. The van der Waals surface area contributed by atoms with Crippen LogP contribution < -0.4 is 0 Å². The van der Waals surface area contributed by atoms with E-state index < -0.39 is 148 Å². The molecule has 0 aromatic heterocycles. The minimum absolute atomic E-state index is 0.00759. The van der Waals surface area contributed by atoms with Crippen molar-refractivity contribution >= 4 is 23.9 Å². The SMILES string of the molecule is C=C(C)C(=O)OCCOC1OC(C(=O)OC(C(F)(F)F)C(F)(F)F)(C(F)(F)F)CC1C.C=CC(=O)OCCOC1OC(C(=O)OC(C(F)(F)F)C(F)(F)F)(C(F)(F)F)CC1C. The molecule has 0 bridgehead atoms. The molecule has 354 valence electrons. The van der Waals surface area contributed by atoms with Gasteiger partial charge in [0, 0.05) is 36.3 Å². The zero-order valence-corrected chi connectivity index (χ0v) is 30.9. The van der Waals surface area contributed by atoms with E-state index >= 15 is 0 Å². The molecule has 6 unspecified atom stereocenters. The van der Waals surface area contributed by atoms with Gasteiger partial charge in [-0.25, -0.2) is 19.2 Å². The molecule has 0 N–H and O–H groups in total. The highest BCUT2D eigenvalue weighted by atomic mass is 19.4. The number of halogens is 18. The van der Waals surface area contributed by atoms with E-state index in [-0.39, 0.29) is 5.57 Å². The molecule has 2 saturated heterocycles. The van der Waals surface area contributed by atoms with Crippen molar-refractivity contribution < 1.29 is 136 Å². The smallest absolute Gasteiger partial charge is 0.434 e. The average Bonchev–Trinajstić information content (AvgIpc) is 3.61. The van der Waals surface area contributed by atoms with E-state index in [0.717, 1.165) is 19.9 Å². The Labute approximate surface area is 330 Å². The van der Waals surface area contributed by atoms with Crippen molar-refractivity contribution in [2.75, 3.05) is 26.4 Å². The third-order valence-corrected chi connectivity index (χ3v) is 7.72. The summed E-state index contributed by atoms with van der Waals surface area (Å²) in [4.78, 5) is 45.8. The summed E-state index contributed by atoms with van der Waals surface area (Å²) in [6.07, 6.45) is -51.6. The molecule has 0 saturated carbocycles. The van der Waals surface area contributed by atoms with E-state index in [9.17, 15) is 98.2 Å². The number of hydrogen-bond donors (Lipinski definition) is 0. The molecular formula is C31H32F18O12. The molecule has 2 fully saturated rings. The summed E-state index contributed by atoms with van der Waals surface area (Å²) in [7, 11) is 0. The first-order valence-corrected chi connectivity index (χ1v) is 16.3. The van der Waals surface area contributed by atoms with Crippen molar-refractivity contribution in [3.05, 3.63) is 24.8 Å². The van der Waals surface area contributed by atoms with Crippen molar-refractivity contribution in [2.45, 2.75) is 107 Å². The van der Waals surface area contributed by atoms with Crippen molar-refractivity contribution in [3.63, 3.8) is 0 Å². The Morgan fingerprint density at radius 2 is 0.918 bits per heavy atom. The van der Waals surface area contributed by atoms with Crippen LogP contribution in [-0.4, -0.2) is 123 Å². The maximum Gasteiger partial charge on any atom is 0.434 e. The number of carbonyl (C=O) groups is 4. The quantitative estimate of drug-likeness (QED) is 0.0568. The van der Waals surface area contributed by atoms with Gasteiger partial charge in [-0.1, -0.05) is 27.0 Å². The molecule has 6 atom stereocenters. The second-order valence-corrected chi connectivity index (χ2v) is 12.8. The Balaban J connectivity index is 0.000000610. The average molecular weight is 939 g/mol. The van der Waals surface area contributed by atoms with Crippen LogP contribution >= 0.6 is 0 Å². The molecule has 0 amide bonds. The van der Waals surface area contributed by atoms with Gasteiger partial charge in [-0.05, 0) is 6.92 Å². The zero-order valence-electron chi connectivity index (χ0n) is 30.9. The van der Waals surface area contributed by atoms with Gasteiger partial charge in [-0.15, -0.1) is 0 Å². The van der Waals surface area contributed by atoms with Gasteiger partial charge in [0.25, 0.3) is 23.4 Å². The zero-order chi connectivity index (χ0) is 48.0. The molecule has 2 rings (SSSR count). The van der Waals surface area contributed by atoms with Gasteiger partial charge < -0.3 is 37.9 Å². The van der Waals surface area contributed by atoms with Gasteiger partial charge in [-0.2, -0.15) is 79.0 Å². The van der Waals surface area contributed by atoms with E-state index in [1.165, 1.54) is 6.92 Å². The minimum atomic E-state index is -6.21. The van der Waals surface area contributed by atoms with Crippen LogP contribution in [0.25, 0.3) is 0 Å². The van der Waals surface area contributed by atoms with Crippen LogP contribution in [0.2, 0.25) is 0 Å². The van der Waals surface area contributed by atoms with Gasteiger partial charge in [0.2, 0.25) is 0 Å². The fourth-order valence-electron chi connectivity index (χ4n) is 4.91. The van der Waals surface area contributed by atoms with Crippen molar-refractivity contribution in [1.82, 2.24) is 0 Å². The lowest BCUT2D eigenvalue weighted by molar-refractivity contribution is -0.333. The molecule has 2 aliphatic heterocycles. The molecule has 30 heteroatoms. The molecule has 0 aliphatic carbocycles. The Morgan fingerprint density at radius 3 is 1.18 bits per heavy atom. The fraction of sp³-hybridized carbons (Fsp3) is 0.742. The first-order valence-electron chi connectivity index (χ1n) is 16.3. The second-order valence-electron chi connectivity index (χ2n) is 12.8. The minimum Gasteiger partial charge on any atom is -0.460 e. The van der Waals surface area contributed by atoms with E-state index in [1.807, 2.05) is 0 Å². The maximum absolute atomic E-state index is 13.5. The molecule has 0 spiro atoms. The third-order valence-electron chi connectivity index (χ3n) is 7.72. The molecule has 0 aromatic rings. The summed E-state index contributed by atoms with van der Waals surface area (Å²) < 4.78 is 266. The highest BCUT2D eigenvalue weighted by Gasteiger charge is 2.72. The van der Waals surface area contributed by atoms with Crippen molar-refractivity contribution in [3.8, 4) is 0 Å². The molecule has 0 radical (unpaired) electrons. The van der Waals surface area contributed by atoms with Gasteiger partial charge in [0.15, 0.2) is 12.6 Å². The van der Waals surface area contributed by atoms with Gasteiger partial charge in [0.1, 0.15) is 13.2 Å². The van der Waals surface area contributed by atoms with Gasteiger partial charge >= 0.3 is 60.9 Å². The maximum atomic E-state index is 13.5. The van der Waals surface area contributed by atoms with Crippen LogP contribution in [0.1, 0.15) is 33.6 Å². The Bertz CT molecular complexity index is 1520. The Hall–Kier alpha value is -4.06. The predicted octanol–water partition coefficient (Wildman–Crippen LogP) is 7.29. The normalized spacial score (nSPS) is 25.1. The van der Waals surface area contributed by atoms with E-state index in [1.54, 1.807) is 0 Å². The number of hydrogen-bond acceptors (Lipinski definition) is 12. The summed E-state index contributed by atoms with van der Waals surface area (Å²) in [6.45, 7) is 7.69. The first-order chi connectivity index (χ1) is 27.3. The molecule has 61 heavy (non-hydrogen) atoms. The Morgan fingerprint density at radius 1 is 0.607 bits per heavy atom. The van der Waals surface area contributed by atoms with E-state index in [4.69, 9.17) is 9.47 Å². The Kier molecular flexibility index (Phi) is 18.0. The second kappa shape index (κ2) is 20.0. The number of carbonyl (C=O) groups excluding carboxylic acids is 4. The van der Waals surface area contributed by atoms with Crippen LogP contribution in [0, 0.1) is 11.8 Å². The van der Waals surface area contributed by atoms with Gasteiger partial charge in [-0.3, -0.25) is 0 Å². The van der Waals surface area contributed by atoms with Crippen LogP contribution in [0.5, 0.6) is 0 Å². The number of esters is 4. The first kappa shape index (κ1) is 55.0. The van der Waals surface area contributed by atoms with Crippen molar-refractivity contribution in [2.24, 2.45) is 11.8 Å². The summed E-state index contributed by atoms with van der Waals surface area (Å²) in [5.74, 6) is -10.2. The molecule has 12 nitrogen and oxygen atoms in total. The van der Waals surface area contributed by atoms with E-state index in [2.05, 4.69) is 41.6 Å². The van der Waals surface area contributed by atoms with Crippen LogP contribution in [-0.2, 0) is 57.1 Å². The van der Waals surface area contributed by atoms with Crippen LogP contribution in [0.15, 0.2) is 24.8 Å². The summed E-state index contributed by atoms with van der Waals surface area (Å²) in [6, 6.07) is 0. The number of ether oxygens (including phenoxy) is 8. The van der Waals surface area contributed by atoms with E-state index in [0.29, 0.717) is 0 Å². The standard InChI is InChI=1S/C16H17F9O6.C15H15F9O6/c1-7(2)9(26)28-4-5-29-10-8(3)6-13(31-10,16(23,24)25)12(27)30-11(14(17,18)19)15(20,21)22;1-3-8(25)27-4-5-28-9-7(2)6-12(30-9,15(22,23)24)11(26)29-10(13(16,17)18)14(19,20)21/h8,10-11H,1,4-6H2,2-3H3;3,7,9-10H,1,4-6H2,2H3. The molecule has 0 aromatic carbocycles. The van der Waals surface area contributed by atoms with Crippen molar-refractivity contribution in [1.29, 1.82) is 0 Å². The molecular weight excluding hydrogens is 906 g/mol. The third kappa shape index (κ3) is 14.5. The number of alkyl halides is 18. The highest BCUT2D eigenvalue weighted by molar-refractivity contribution is 5.87. The largest absolute Gasteiger partial charge is 0.460 e. The molecule has 2 aliphatic rings. The predicted molar refractivity (Wildman–Crippen MR) is 158 cm³/mol. The lowest BCUT2D eigenvalue weighted by atomic mass is 9.94. The highest BCUT2D eigenvalue weighted by Crippen LogP contribution is 2.50.